The third-order valence-electron chi connectivity index (χ3n) is 2.04. The van der Waals surface area contributed by atoms with Crippen LogP contribution in [0.2, 0.25) is 5.02 Å². The minimum absolute atomic E-state index is 0.194. The fourth-order valence-corrected chi connectivity index (χ4v) is 1.50. The summed E-state index contributed by atoms with van der Waals surface area (Å²) in [5.41, 5.74) is 0.605. The molecule has 1 aromatic carbocycles. The van der Waals surface area contributed by atoms with Crippen LogP contribution in [0.1, 0.15) is 5.56 Å². The molecule has 0 saturated heterocycles. The lowest BCUT2D eigenvalue weighted by Gasteiger charge is -2.01. The molecule has 0 atom stereocenters. The zero-order valence-electron chi connectivity index (χ0n) is 8.38. The molecule has 88 valence electrons. The molecule has 0 spiro atoms. The fourth-order valence-electron chi connectivity index (χ4n) is 1.27. The van der Waals surface area contributed by atoms with Gasteiger partial charge in [-0.15, -0.1) is 0 Å². The van der Waals surface area contributed by atoms with Gasteiger partial charge in [0.1, 0.15) is 5.82 Å². The standard InChI is InChI=1S/C9H6ClFN4O2/c10-8-3-7(11)2-1-6(8)4-14-5-12-9(13-14)15(16)17/h1-3,5H,4H2. The summed E-state index contributed by atoms with van der Waals surface area (Å²) in [6, 6.07) is 3.92. The van der Waals surface area contributed by atoms with Crippen molar-refractivity contribution in [2.75, 3.05) is 0 Å². The van der Waals surface area contributed by atoms with Gasteiger partial charge in [-0.3, -0.25) is 0 Å². The van der Waals surface area contributed by atoms with Gasteiger partial charge in [0.05, 0.1) is 6.54 Å². The van der Waals surface area contributed by atoms with Crippen LogP contribution in [0, 0.1) is 15.9 Å². The van der Waals surface area contributed by atoms with Crippen molar-refractivity contribution in [3.63, 3.8) is 0 Å². The molecule has 0 bridgehead atoms. The highest BCUT2D eigenvalue weighted by atomic mass is 35.5. The van der Waals surface area contributed by atoms with Crippen molar-refractivity contribution in [2.24, 2.45) is 0 Å². The summed E-state index contributed by atoms with van der Waals surface area (Å²) in [6.45, 7) is 0.194. The normalized spacial score (nSPS) is 10.5. The molecule has 0 amide bonds. The van der Waals surface area contributed by atoms with E-state index in [0.717, 1.165) is 0 Å². The summed E-state index contributed by atoms with van der Waals surface area (Å²) in [5, 5.41) is 14.2. The van der Waals surface area contributed by atoms with E-state index in [9.17, 15) is 14.5 Å². The molecular weight excluding hydrogens is 251 g/mol. The number of hydrogen-bond donors (Lipinski definition) is 0. The molecule has 8 heteroatoms. The molecule has 0 saturated carbocycles. The van der Waals surface area contributed by atoms with E-state index in [-0.39, 0.29) is 11.6 Å². The van der Waals surface area contributed by atoms with Crippen LogP contribution in [-0.4, -0.2) is 19.7 Å². The predicted octanol–water partition coefficient (Wildman–Crippen LogP) is 2.03. The fraction of sp³-hybridized carbons (Fsp3) is 0.111. The average Bonchev–Trinajstić information content (AvgIpc) is 2.71. The quantitative estimate of drug-likeness (QED) is 0.622. The molecule has 2 aromatic rings. The number of rotatable bonds is 3. The summed E-state index contributed by atoms with van der Waals surface area (Å²) in [7, 11) is 0. The van der Waals surface area contributed by atoms with Gasteiger partial charge >= 0.3 is 5.95 Å². The number of nitrogens with zero attached hydrogens (tertiary/aromatic N) is 4. The highest BCUT2D eigenvalue weighted by molar-refractivity contribution is 6.31. The van der Waals surface area contributed by atoms with E-state index in [0.29, 0.717) is 5.56 Å². The molecule has 0 fully saturated rings. The van der Waals surface area contributed by atoms with Gasteiger partial charge in [-0.1, -0.05) is 22.7 Å². The molecule has 0 N–H and O–H groups in total. The van der Waals surface area contributed by atoms with Gasteiger partial charge in [-0.25, -0.2) is 4.39 Å². The van der Waals surface area contributed by atoms with Gasteiger partial charge < -0.3 is 10.1 Å². The van der Waals surface area contributed by atoms with Gasteiger partial charge in [-0.2, -0.15) is 4.68 Å². The Morgan fingerprint density at radius 3 is 2.88 bits per heavy atom. The maximum absolute atomic E-state index is 12.8. The summed E-state index contributed by atoms with van der Waals surface area (Å²) in [4.78, 5) is 13.2. The van der Waals surface area contributed by atoms with E-state index in [4.69, 9.17) is 11.6 Å². The second-order valence-electron chi connectivity index (χ2n) is 3.23. The molecule has 0 unspecified atom stereocenters. The maximum Gasteiger partial charge on any atom is 0.490 e. The zero-order chi connectivity index (χ0) is 12.4. The van der Waals surface area contributed by atoms with Crippen molar-refractivity contribution in [1.82, 2.24) is 14.8 Å². The van der Waals surface area contributed by atoms with Crippen molar-refractivity contribution in [3.8, 4) is 0 Å². The van der Waals surface area contributed by atoms with E-state index < -0.39 is 16.7 Å². The second kappa shape index (κ2) is 4.46. The van der Waals surface area contributed by atoms with Crippen LogP contribution in [0.5, 0.6) is 0 Å². The van der Waals surface area contributed by atoms with Gasteiger partial charge in [-0.05, 0) is 22.6 Å². The van der Waals surface area contributed by atoms with Crippen LogP contribution in [0.3, 0.4) is 0 Å². The van der Waals surface area contributed by atoms with Crippen molar-refractivity contribution < 1.29 is 9.31 Å². The molecule has 0 aliphatic rings. The number of halogens is 2. The van der Waals surface area contributed by atoms with Crippen molar-refractivity contribution in [3.05, 3.63) is 51.0 Å². The summed E-state index contributed by atoms with van der Waals surface area (Å²) in [5.74, 6) is -0.924. The second-order valence-corrected chi connectivity index (χ2v) is 3.64. The molecule has 0 aliphatic carbocycles. The molecule has 17 heavy (non-hydrogen) atoms. The number of benzene rings is 1. The highest BCUT2D eigenvalue weighted by Crippen LogP contribution is 2.18. The van der Waals surface area contributed by atoms with E-state index in [1.807, 2.05) is 0 Å². The van der Waals surface area contributed by atoms with E-state index in [1.165, 1.54) is 29.2 Å². The molecule has 0 radical (unpaired) electrons. The first-order chi connectivity index (χ1) is 8.06. The summed E-state index contributed by atoms with van der Waals surface area (Å²) in [6.07, 6.45) is 1.22. The molecular formula is C9H6ClFN4O2. The van der Waals surface area contributed by atoms with Crippen LogP contribution in [-0.2, 0) is 6.54 Å². The smallest absolute Gasteiger partial charge is 0.390 e. The first-order valence-corrected chi connectivity index (χ1v) is 4.92. The Morgan fingerprint density at radius 1 is 1.53 bits per heavy atom. The Labute approximate surface area is 99.8 Å². The van der Waals surface area contributed by atoms with E-state index >= 15 is 0 Å². The van der Waals surface area contributed by atoms with Crippen molar-refractivity contribution in [1.29, 1.82) is 0 Å². The third kappa shape index (κ3) is 2.56. The largest absolute Gasteiger partial charge is 0.490 e. The Kier molecular flexibility index (Phi) is 3.01. The summed E-state index contributed by atoms with van der Waals surface area (Å²) < 4.78 is 14.0. The minimum Gasteiger partial charge on any atom is -0.390 e. The van der Waals surface area contributed by atoms with Gasteiger partial charge in [0.2, 0.25) is 6.33 Å². The van der Waals surface area contributed by atoms with Gasteiger partial charge in [0.15, 0.2) is 0 Å². The molecule has 1 aromatic heterocycles. The van der Waals surface area contributed by atoms with Crippen molar-refractivity contribution in [2.45, 2.75) is 6.54 Å². The Balaban J connectivity index is 2.22. The van der Waals surface area contributed by atoms with E-state index in [2.05, 4.69) is 10.1 Å². The Morgan fingerprint density at radius 2 is 2.29 bits per heavy atom. The lowest BCUT2D eigenvalue weighted by Crippen LogP contribution is -2.02. The monoisotopic (exact) mass is 256 g/mol. The number of nitro groups is 1. The maximum atomic E-state index is 12.8. The highest BCUT2D eigenvalue weighted by Gasteiger charge is 2.14. The summed E-state index contributed by atoms with van der Waals surface area (Å²) >= 11 is 5.81. The van der Waals surface area contributed by atoms with Crippen LogP contribution in [0.25, 0.3) is 0 Å². The Hall–Kier alpha value is -2.02. The first-order valence-electron chi connectivity index (χ1n) is 4.54. The molecule has 0 aliphatic heterocycles. The van der Waals surface area contributed by atoms with E-state index in [1.54, 1.807) is 0 Å². The van der Waals surface area contributed by atoms with Crippen LogP contribution in [0.4, 0.5) is 10.3 Å². The molecule has 2 rings (SSSR count). The Bertz CT molecular complexity index is 572. The van der Waals surface area contributed by atoms with Crippen LogP contribution >= 0.6 is 11.6 Å². The topological polar surface area (TPSA) is 73.8 Å². The third-order valence-corrected chi connectivity index (χ3v) is 2.39. The SMILES string of the molecule is O=[N+]([O-])c1ncn(Cc2ccc(F)cc2Cl)n1. The number of hydrogen-bond acceptors (Lipinski definition) is 4. The van der Waals surface area contributed by atoms with Gasteiger partial charge in [0.25, 0.3) is 0 Å². The lowest BCUT2D eigenvalue weighted by atomic mass is 10.2. The van der Waals surface area contributed by atoms with Crippen LogP contribution < -0.4 is 0 Å². The van der Waals surface area contributed by atoms with Crippen LogP contribution in [0.15, 0.2) is 24.5 Å². The zero-order valence-corrected chi connectivity index (χ0v) is 9.13. The number of aromatic nitrogens is 3. The van der Waals surface area contributed by atoms with Crippen molar-refractivity contribution >= 4 is 17.5 Å². The predicted molar refractivity (Wildman–Crippen MR) is 57.2 cm³/mol. The minimum atomic E-state index is -0.692. The first kappa shape index (κ1) is 11.5. The average molecular weight is 257 g/mol. The van der Waals surface area contributed by atoms with Gasteiger partial charge in [0, 0.05) is 10.1 Å². The lowest BCUT2D eigenvalue weighted by molar-refractivity contribution is -0.394. The molecule has 6 nitrogen and oxygen atoms in total. The molecule has 1 heterocycles.